The average Bonchev–Trinajstić information content (AvgIpc) is 2.84. The van der Waals surface area contributed by atoms with Crippen molar-refractivity contribution in [2.24, 2.45) is 5.92 Å². The fraction of sp³-hybridized carbons (Fsp3) is 0.379. The van der Waals surface area contributed by atoms with Crippen LogP contribution in [0.2, 0.25) is 0 Å². The van der Waals surface area contributed by atoms with E-state index in [1.807, 2.05) is 37.3 Å². The van der Waals surface area contributed by atoms with Crippen LogP contribution in [0.4, 0.5) is 0 Å². The van der Waals surface area contributed by atoms with E-state index in [1.165, 1.54) is 0 Å². The molecule has 6 heteroatoms. The van der Waals surface area contributed by atoms with Crippen LogP contribution in [0.25, 0.3) is 21.7 Å². The third-order valence-corrected chi connectivity index (χ3v) is 6.23. The molecule has 4 rings (SSSR count). The maximum absolute atomic E-state index is 13.3. The number of fused-ring (bicyclic) bond motifs is 2. The molecule has 0 spiro atoms. The monoisotopic (exact) mass is 476 g/mol. The van der Waals surface area contributed by atoms with Gasteiger partial charge in [0.05, 0.1) is 26.8 Å². The van der Waals surface area contributed by atoms with Crippen LogP contribution in [0.15, 0.2) is 41.2 Å². The van der Waals surface area contributed by atoms with Gasteiger partial charge in [-0.3, -0.25) is 9.78 Å². The van der Waals surface area contributed by atoms with Gasteiger partial charge in [-0.2, -0.15) is 0 Å². The van der Waals surface area contributed by atoms with Gasteiger partial charge < -0.3 is 19.2 Å². The normalized spacial score (nSPS) is 11.1. The van der Waals surface area contributed by atoms with E-state index < -0.39 is 0 Å². The summed E-state index contributed by atoms with van der Waals surface area (Å²) >= 11 is 0. The molecule has 0 amide bonds. The second-order valence-corrected chi connectivity index (χ2v) is 8.95. The number of nitrogens with zero attached hydrogens (tertiary/aromatic N) is 1. The predicted molar refractivity (Wildman–Crippen MR) is 143 cm³/mol. The number of ether oxygens (including phenoxy) is 3. The Hall–Kier alpha value is -3.54. The molecular weight excluding hydrogens is 440 g/mol. The Bertz CT molecular complexity index is 1410. The highest BCUT2D eigenvalue weighted by Gasteiger charge is 2.18. The standard InChI is InChI=1S/C28H32N2O4.CH4/c1-7-23-21-15-27(34-6)26(33-5)14-20(21)22(28(31)30-23)13-18-11-17-12-19(32-4)8-9-24(17)29-25(18)10-16(2)3;/h8-9,11-12,14-16H,7,10,13H2,1-6H3,(H,30,31);1H4. The van der Waals surface area contributed by atoms with Gasteiger partial charge >= 0.3 is 0 Å². The fourth-order valence-corrected chi connectivity index (χ4v) is 4.51. The Kier molecular flexibility index (Phi) is 8.05. The van der Waals surface area contributed by atoms with Gasteiger partial charge in [0.15, 0.2) is 11.5 Å². The third-order valence-electron chi connectivity index (χ3n) is 6.23. The van der Waals surface area contributed by atoms with Gasteiger partial charge in [0, 0.05) is 34.1 Å². The number of methoxy groups -OCH3 is 3. The lowest BCUT2D eigenvalue weighted by molar-refractivity contribution is 0.356. The van der Waals surface area contributed by atoms with Crippen LogP contribution in [0.5, 0.6) is 17.2 Å². The summed E-state index contributed by atoms with van der Waals surface area (Å²) < 4.78 is 16.5. The first-order valence-electron chi connectivity index (χ1n) is 11.6. The molecule has 0 aliphatic heterocycles. The number of hydrogen-bond donors (Lipinski definition) is 1. The molecule has 0 saturated carbocycles. The molecule has 2 aromatic heterocycles. The lowest BCUT2D eigenvalue weighted by Crippen LogP contribution is -2.17. The van der Waals surface area contributed by atoms with E-state index >= 15 is 0 Å². The van der Waals surface area contributed by atoms with E-state index in [2.05, 4.69) is 24.9 Å². The maximum atomic E-state index is 13.3. The molecule has 2 aromatic carbocycles. The first kappa shape index (κ1) is 26.1. The predicted octanol–water partition coefficient (Wildman–Crippen LogP) is 6.09. The first-order valence-corrected chi connectivity index (χ1v) is 11.6. The summed E-state index contributed by atoms with van der Waals surface area (Å²) in [5, 5.41) is 2.84. The van der Waals surface area contributed by atoms with Crippen molar-refractivity contribution >= 4 is 21.7 Å². The zero-order valence-electron chi connectivity index (χ0n) is 20.7. The first-order chi connectivity index (χ1) is 16.4. The molecule has 1 N–H and O–H groups in total. The van der Waals surface area contributed by atoms with E-state index in [1.54, 1.807) is 21.3 Å². The minimum absolute atomic E-state index is 0. The Balaban J connectivity index is 0.00000342. The van der Waals surface area contributed by atoms with Crippen molar-refractivity contribution in [2.45, 2.75) is 47.5 Å². The van der Waals surface area contributed by atoms with Gasteiger partial charge in [0.1, 0.15) is 5.75 Å². The lowest BCUT2D eigenvalue weighted by atomic mass is 9.94. The highest BCUT2D eigenvalue weighted by Crippen LogP contribution is 2.35. The van der Waals surface area contributed by atoms with Gasteiger partial charge in [0.2, 0.25) is 0 Å². The van der Waals surface area contributed by atoms with E-state index in [0.717, 1.165) is 50.8 Å². The van der Waals surface area contributed by atoms with E-state index in [9.17, 15) is 4.79 Å². The number of H-pyrrole nitrogens is 1. The highest BCUT2D eigenvalue weighted by molar-refractivity contribution is 5.91. The molecular formula is C29H36N2O4. The largest absolute Gasteiger partial charge is 0.497 e. The minimum atomic E-state index is -0.0854. The number of pyridine rings is 2. The molecule has 0 atom stereocenters. The molecule has 0 aliphatic rings. The van der Waals surface area contributed by atoms with Crippen LogP contribution >= 0.6 is 0 Å². The zero-order chi connectivity index (χ0) is 24.4. The second kappa shape index (κ2) is 10.8. The van der Waals surface area contributed by atoms with Crippen LogP contribution in [-0.2, 0) is 19.3 Å². The van der Waals surface area contributed by atoms with Crippen molar-refractivity contribution in [3.8, 4) is 17.2 Å². The summed E-state index contributed by atoms with van der Waals surface area (Å²) in [6.07, 6.45) is 2.00. The van der Waals surface area contributed by atoms with Gasteiger partial charge in [-0.15, -0.1) is 0 Å². The quantitative estimate of drug-likeness (QED) is 0.333. The molecule has 4 aromatic rings. The number of nitrogens with one attached hydrogen (secondary N) is 1. The molecule has 6 nitrogen and oxygen atoms in total. The van der Waals surface area contributed by atoms with E-state index in [4.69, 9.17) is 19.2 Å². The lowest BCUT2D eigenvalue weighted by Gasteiger charge is -2.16. The van der Waals surface area contributed by atoms with Crippen molar-refractivity contribution in [3.63, 3.8) is 0 Å². The number of hydrogen-bond acceptors (Lipinski definition) is 5. The molecule has 0 fully saturated rings. The Morgan fingerprint density at radius 3 is 2.23 bits per heavy atom. The topological polar surface area (TPSA) is 73.4 Å². The molecule has 2 heterocycles. The molecule has 0 radical (unpaired) electrons. The van der Waals surface area contributed by atoms with E-state index in [-0.39, 0.29) is 13.0 Å². The Morgan fingerprint density at radius 2 is 1.63 bits per heavy atom. The van der Waals surface area contributed by atoms with Crippen molar-refractivity contribution in [2.75, 3.05) is 21.3 Å². The molecule has 0 saturated heterocycles. The number of aromatic nitrogens is 2. The van der Waals surface area contributed by atoms with Gasteiger partial charge in [-0.1, -0.05) is 28.2 Å². The second-order valence-electron chi connectivity index (χ2n) is 8.95. The van der Waals surface area contributed by atoms with Crippen LogP contribution in [0, 0.1) is 5.92 Å². The SMILES string of the molecule is C.CCc1[nH]c(=O)c(Cc2cc3cc(OC)ccc3nc2CC(C)C)c2cc(OC)c(OC)cc12. The van der Waals surface area contributed by atoms with Crippen molar-refractivity contribution in [3.05, 3.63) is 69.3 Å². The molecule has 35 heavy (non-hydrogen) atoms. The van der Waals surface area contributed by atoms with Crippen molar-refractivity contribution < 1.29 is 14.2 Å². The van der Waals surface area contributed by atoms with E-state index in [0.29, 0.717) is 35.8 Å². The molecule has 186 valence electrons. The summed E-state index contributed by atoms with van der Waals surface area (Å²) in [7, 11) is 4.89. The summed E-state index contributed by atoms with van der Waals surface area (Å²) in [5.74, 6) is 2.46. The van der Waals surface area contributed by atoms with Crippen molar-refractivity contribution in [1.29, 1.82) is 0 Å². The van der Waals surface area contributed by atoms with Gasteiger partial charge in [-0.25, -0.2) is 0 Å². The van der Waals surface area contributed by atoms with Crippen LogP contribution in [0.3, 0.4) is 0 Å². The van der Waals surface area contributed by atoms with Crippen LogP contribution in [-0.4, -0.2) is 31.3 Å². The fourth-order valence-electron chi connectivity index (χ4n) is 4.51. The van der Waals surface area contributed by atoms with Crippen LogP contribution < -0.4 is 19.8 Å². The Labute approximate surface area is 207 Å². The third kappa shape index (κ3) is 5.11. The Morgan fingerprint density at radius 1 is 0.943 bits per heavy atom. The van der Waals surface area contributed by atoms with Crippen LogP contribution in [0.1, 0.15) is 50.7 Å². The summed E-state index contributed by atoms with van der Waals surface area (Å²) in [6, 6.07) is 11.9. The number of aryl methyl sites for hydroxylation is 1. The van der Waals surface area contributed by atoms with Crippen molar-refractivity contribution in [1.82, 2.24) is 9.97 Å². The number of rotatable bonds is 8. The summed E-state index contributed by atoms with van der Waals surface area (Å²) in [6.45, 7) is 6.39. The number of aromatic amines is 1. The van der Waals surface area contributed by atoms with Gasteiger partial charge in [-0.05, 0) is 66.1 Å². The maximum Gasteiger partial charge on any atom is 0.252 e. The van der Waals surface area contributed by atoms with Gasteiger partial charge in [0.25, 0.3) is 5.56 Å². The smallest absolute Gasteiger partial charge is 0.252 e. The average molecular weight is 477 g/mol. The number of benzene rings is 2. The zero-order valence-corrected chi connectivity index (χ0v) is 20.7. The molecule has 0 aliphatic carbocycles. The summed E-state index contributed by atoms with van der Waals surface area (Å²) in [5.41, 5.74) is 4.47. The molecule has 0 unspecified atom stereocenters. The highest BCUT2D eigenvalue weighted by atomic mass is 16.5. The molecule has 0 bridgehead atoms. The summed E-state index contributed by atoms with van der Waals surface area (Å²) in [4.78, 5) is 21.4. The minimum Gasteiger partial charge on any atom is -0.497 e.